The van der Waals surface area contributed by atoms with Gasteiger partial charge in [0.2, 0.25) is 0 Å². The molecule has 0 spiro atoms. The van der Waals surface area contributed by atoms with E-state index in [2.05, 4.69) is 0 Å². The van der Waals surface area contributed by atoms with Crippen molar-refractivity contribution in [3.63, 3.8) is 0 Å². The number of hydrogen-bond donors (Lipinski definition) is 3. The summed E-state index contributed by atoms with van der Waals surface area (Å²) in [6, 6.07) is 5.55. The Labute approximate surface area is 97.1 Å². The monoisotopic (exact) mass is 240 g/mol. The van der Waals surface area contributed by atoms with Gasteiger partial charge in [0.05, 0.1) is 24.3 Å². The van der Waals surface area contributed by atoms with Crippen LogP contribution < -0.4 is 0 Å². The van der Waals surface area contributed by atoms with Crippen LogP contribution in [-0.4, -0.2) is 46.6 Å². The van der Waals surface area contributed by atoms with E-state index in [9.17, 15) is 9.59 Å². The predicted octanol–water partition coefficient (Wildman–Crippen LogP) is -0.105. The lowest BCUT2D eigenvalue weighted by atomic mass is 10.1. The van der Waals surface area contributed by atoms with Crippen LogP contribution in [0.5, 0.6) is 0 Å². The van der Waals surface area contributed by atoms with Crippen LogP contribution >= 0.6 is 0 Å². The Bertz CT molecular complexity index is 410. The van der Waals surface area contributed by atoms with Crippen molar-refractivity contribution >= 4 is 11.9 Å². The van der Waals surface area contributed by atoms with E-state index in [0.29, 0.717) is 0 Å². The van der Waals surface area contributed by atoms with Gasteiger partial charge in [-0.25, -0.2) is 9.59 Å². The molecule has 0 bridgehead atoms. The lowest BCUT2D eigenvalue weighted by Crippen LogP contribution is -2.26. The molecule has 0 radical (unpaired) electrons. The number of aliphatic hydroxyl groups excluding tert-OH is 2. The summed E-state index contributed by atoms with van der Waals surface area (Å²) in [6.07, 6.45) is -1.05. The molecular weight excluding hydrogens is 228 g/mol. The number of carboxylic acid groups (broad SMARTS) is 1. The van der Waals surface area contributed by atoms with Crippen molar-refractivity contribution in [2.45, 2.75) is 6.10 Å². The standard InChI is InChI=1S/C11H12O6/c12-5-7(6-13)17-11(16)9-4-2-1-3-8(9)10(14)15/h1-4,7,12-13H,5-6H2,(H,14,15). The molecular formula is C11H12O6. The van der Waals surface area contributed by atoms with Gasteiger partial charge in [-0.3, -0.25) is 0 Å². The predicted molar refractivity (Wildman–Crippen MR) is 56.8 cm³/mol. The van der Waals surface area contributed by atoms with Crippen molar-refractivity contribution in [1.29, 1.82) is 0 Å². The molecule has 1 aromatic rings. The van der Waals surface area contributed by atoms with E-state index in [1.807, 2.05) is 0 Å². The Morgan fingerprint density at radius 2 is 1.65 bits per heavy atom. The normalized spacial score (nSPS) is 10.3. The summed E-state index contributed by atoms with van der Waals surface area (Å²) in [6.45, 7) is -1.06. The Balaban J connectivity index is 2.92. The minimum absolute atomic E-state index is 0.119. The molecule has 17 heavy (non-hydrogen) atoms. The fourth-order valence-electron chi connectivity index (χ4n) is 1.19. The Hall–Kier alpha value is -1.92. The van der Waals surface area contributed by atoms with E-state index >= 15 is 0 Å². The zero-order valence-corrected chi connectivity index (χ0v) is 8.87. The summed E-state index contributed by atoms with van der Waals surface area (Å²) in [5.41, 5.74) is -0.306. The van der Waals surface area contributed by atoms with Crippen LogP contribution in [0.3, 0.4) is 0 Å². The fourth-order valence-corrected chi connectivity index (χ4v) is 1.19. The van der Waals surface area contributed by atoms with Crippen molar-refractivity contribution in [3.05, 3.63) is 35.4 Å². The van der Waals surface area contributed by atoms with Crippen molar-refractivity contribution in [1.82, 2.24) is 0 Å². The third-order valence-electron chi connectivity index (χ3n) is 2.06. The molecule has 0 saturated carbocycles. The molecule has 0 atom stereocenters. The van der Waals surface area contributed by atoms with Gasteiger partial charge < -0.3 is 20.1 Å². The molecule has 1 rings (SSSR count). The molecule has 92 valence electrons. The average molecular weight is 240 g/mol. The number of esters is 1. The maximum absolute atomic E-state index is 11.6. The third-order valence-corrected chi connectivity index (χ3v) is 2.06. The first kappa shape index (κ1) is 13.1. The quantitative estimate of drug-likeness (QED) is 0.620. The lowest BCUT2D eigenvalue weighted by Gasteiger charge is -2.13. The zero-order chi connectivity index (χ0) is 12.8. The van der Waals surface area contributed by atoms with Gasteiger partial charge in [0, 0.05) is 0 Å². The maximum Gasteiger partial charge on any atom is 0.339 e. The summed E-state index contributed by atoms with van der Waals surface area (Å²) >= 11 is 0. The number of benzene rings is 1. The van der Waals surface area contributed by atoms with Gasteiger partial charge in [0.25, 0.3) is 0 Å². The van der Waals surface area contributed by atoms with Crippen LogP contribution in [0, 0.1) is 0 Å². The second-order valence-corrected chi connectivity index (χ2v) is 3.24. The molecule has 0 aliphatic carbocycles. The molecule has 0 fully saturated rings. The summed E-state index contributed by atoms with van der Waals surface area (Å²) < 4.78 is 4.72. The van der Waals surface area contributed by atoms with Gasteiger partial charge in [-0.05, 0) is 12.1 Å². The first-order valence-corrected chi connectivity index (χ1v) is 4.85. The highest BCUT2D eigenvalue weighted by Crippen LogP contribution is 2.11. The van der Waals surface area contributed by atoms with E-state index in [0.717, 1.165) is 0 Å². The molecule has 0 amide bonds. The largest absolute Gasteiger partial charge is 0.478 e. The average Bonchev–Trinajstić information content (AvgIpc) is 2.35. The van der Waals surface area contributed by atoms with E-state index < -0.39 is 31.3 Å². The summed E-state index contributed by atoms with van der Waals surface area (Å²) in [5, 5.41) is 26.4. The molecule has 0 aromatic heterocycles. The summed E-state index contributed by atoms with van der Waals surface area (Å²) in [4.78, 5) is 22.4. The number of carboxylic acids is 1. The van der Waals surface area contributed by atoms with Gasteiger partial charge in [0.15, 0.2) is 0 Å². The van der Waals surface area contributed by atoms with Crippen molar-refractivity contribution in [3.8, 4) is 0 Å². The Kier molecular flexibility index (Phi) is 4.62. The van der Waals surface area contributed by atoms with Gasteiger partial charge in [-0.2, -0.15) is 0 Å². The second kappa shape index (κ2) is 5.97. The van der Waals surface area contributed by atoms with E-state index in [-0.39, 0.29) is 11.1 Å². The van der Waals surface area contributed by atoms with E-state index in [1.165, 1.54) is 24.3 Å². The van der Waals surface area contributed by atoms with Gasteiger partial charge in [-0.1, -0.05) is 12.1 Å². The van der Waals surface area contributed by atoms with E-state index in [4.69, 9.17) is 20.1 Å². The smallest absolute Gasteiger partial charge is 0.339 e. The van der Waals surface area contributed by atoms with Crippen molar-refractivity contribution < 1.29 is 29.6 Å². The Morgan fingerprint density at radius 3 is 2.12 bits per heavy atom. The van der Waals surface area contributed by atoms with Gasteiger partial charge >= 0.3 is 11.9 Å². The Morgan fingerprint density at radius 1 is 1.12 bits per heavy atom. The molecule has 1 aromatic carbocycles. The van der Waals surface area contributed by atoms with Crippen LogP contribution in [0.15, 0.2) is 24.3 Å². The first-order chi connectivity index (χ1) is 8.10. The second-order valence-electron chi connectivity index (χ2n) is 3.24. The summed E-state index contributed by atoms with van der Waals surface area (Å²) in [7, 11) is 0. The molecule has 0 saturated heterocycles. The zero-order valence-electron chi connectivity index (χ0n) is 8.87. The van der Waals surface area contributed by atoms with Crippen LogP contribution in [0.4, 0.5) is 0 Å². The van der Waals surface area contributed by atoms with Crippen molar-refractivity contribution in [2.24, 2.45) is 0 Å². The number of aromatic carboxylic acids is 1. The molecule has 0 aliphatic heterocycles. The minimum atomic E-state index is -1.25. The molecule has 0 heterocycles. The summed E-state index contributed by atoms with van der Waals surface area (Å²) in [5.74, 6) is -2.14. The third kappa shape index (κ3) is 3.27. The SMILES string of the molecule is O=C(O)c1ccccc1C(=O)OC(CO)CO. The maximum atomic E-state index is 11.6. The first-order valence-electron chi connectivity index (χ1n) is 4.85. The molecule has 6 heteroatoms. The molecule has 0 aliphatic rings. The number of carbonyl (C=O) groups is 2. The molecule has 6 nitrogen and oxygen atoms in total. The van der Waals surface area contributed by atoms with Crippen molar-refractivity contribution in [2.75, 3.05) is 13.2 Å². The molecule has 0 unspecified atom stereocenters. The van der Waals surface area contributed by atoms with Crippen LogP contribution in [0.1, 0.15) is 20.7 Å². The van der Waals surface area contributed by atoms with Gasteiger partial charge in [0.1, 0.15) is 6.10 Å². The number of ether oxygens (including phenoxy) is 1. The minimum Gasteiger partial charge on any atom is -0.478 e. The van der Waals surface area contributed by atoms with Gasteiger partial charge in [-0.15, -0.1) is 0 Å². The number of aliphatic hydroxyl groups is 2. The highest BCUT2D eigenvalue weighted by Gasteiger charge is 2.20. The number of hydrogen-bond acceptors (Lipinski definition) is 5. The highest BCUT2D eigenvalue weighted by molar-refractivity contribution is 6.02. The van der Waals surface area contributed by atoms with E-state index in [1.54, 1.807) is 0 Å². The highest BCUT2D eigenvalue weighted by atomic mass is 16.6. The topological polar surface area (TPSA) is 104 Å². The van der Waals surface area contributed by atoms with Crippen LogP contribution in [0.25, 0.3) is 0 Å². The number of carbonyl (C=O) groups excluding carboxylic acids is 1. The van der Waals surface area contributed by atoms with Crippen LogP contribution in [-0.2, 0) is 4.74 Å². The van der Waals surface area contributed by atoms with Crippen LogP contribution in [0.2, 0.25) is 0 Å². The molecule has 3 N–H and O–H groups in total. The fraction of sp³-hybridized carbons (Fsp3) is 0.273. The number of rotatable bonds is 5. The lowest BCUT2D eigenvalue weighted by molar-refractivity contribution is -0.00564.